The van der Waals surface area contributed by atoms with Crippen LogP contribution in [0.1, 0.15) is 26.5 Å². The lowest BCUT2D eigenvalue weighted by Crippen LogP contribution is -2.06. The molecule has 0 aliphatic heterocycles. The number of benzene rings is 2. The number of hydrogen-bond acceptors (Lipinski definition) is 3. The zero-order valence-corrected chi connectivity index (χ0v) is 13.6. The Morgan fingerprint density at radius 1 is 1.08 bits per heavy atom. The Balaban J connectivity index is 1.85. The SMILES string of the molecule is O=C(O)c1ccc(Cc2nc(-c3ccccc3C(F)(F)F)cs2)cc1. The first-order valence-corrected chi connectivity index (χ1v) is 8.16. The molecule has 0 unspecified atom stereocenters. The number of nitrogens with zero attached hydrogens (tertiary/aromatic N) is 1. The summed E-state index contributed by atoms with van der Waals surface area (Å²) in [4.78, 5) is 15.2. The average Bonchev–Trinajstić information content (AvgIpc) is 3.03. The molecule has 0 aliphatic carbocycles. The Hall–Kier alpha value is -2.67. The molecule has 2 aromatic carbocycles. The number of carbonyl (C=O) groups is 1. The monoisotopic (exact) mass is 363 g/mol. The Labute approximate surface area is 145 Å². The molecule has 3 nitrogen and oxygen atoms in total. The van der Waals surface area contributed by atoms with Crippen molar-refractivity contribution in [3.63, 3.8) is 0 Å². The number of alkyl halides is 3. The summed E-state index contributed by atoms with van der Waals surface area (Å²) in [5, 5.41) is 11.1. The fourth-order valence-corrected chi connectivity index (χ4v) is 3.24. The summed E-state index contributed by atoms with van der Waals surface area (Å²) in [6.45, 7) is 0. The van der Waals surface area contributed by atoms with Crippen LogP contribution in [0.4, 0.5) is 13.2 Å². The third-order valence-electron chi connectivity index (χ3n) is 3.62. The van der Waals surface area contributed by atoms with E-state index in [0.717, 1.165) is 11.6 Å². The normalized spacial score (nSPS) is 11.5. The van der Waals surface area contributed by atoms with Gasteiger partial charge in [-0.25, -0.2) is 9.78 Å². The van der Waals surface area contributed by atoms with Crippen molar-refractivity contribution in [2.75, 3.05) is 0 Å². The van der Waals surface area contributed by atoms with Gasteiger partial charge in [-0.2, -0.15) is 13.2 Å². The molecule has 0 radical (unpaired) electrons. The first-order valence-electron chi connectivity index (χ1n) is 7.28. The highest BCUT2D eigenvalue weighted by atomic mass is 32.1. The van der Waals surface area contributed by atoms with Crippen LogP contribution in [-0.4, -0.2) is 16.1 Å². The number of halogens is 3. The summed E-state index contributed by atoms with van der Waals surface area (Å²) in [5.74, 6) is -1.01. The van der Waals surface area contributed by atoms with Crippen LogP contribution >= 0.6 is 11.3 Å². The van der Waals surface area contributed by atoms with E-state index in [4.69, 9.17) is 5.11 Å². The van der Waals surface area contributed by atoms with E-state index in [1.807, 2.05) is 0 Å². The number of aromatic nitrogens is 1. The van der Waals surface area contributed by atoms with E-state index in [0.29, 0.717) is 11.4 Å². The summed E-state index contributed by atoms with van der Waals surface area (Å²) in [5.41, 5.74) is 0.657. The average molecular weight is 363 g/mol. The molecule has 0 bridgehead atoms. The van der Waals surface area contributed by atoms with Gasteiger partial charge >= 0.3 is 12.1 Å². The Kier molecular flexibility index (Phi) is 4.59. The van der Waals surface area contributed by atoms with Crippen molar-refractivity contribution in [2.45, 2.75) is 12.6 Å². The lowest BCUT2D eigenvalue weighted by molar-refractivity contribution is -0.137. The van der Waals surface area contributed by atoms with E-state index < -0.39 is 17.7 Å². The molecule has 0 amide bonds. The van der Waals surface area contributed by atoms with Crippen LogP contribution in [0.15, 0.2) is 53.9 Å². The van der Waals surface area contributed by atoms with Crippen LogP contribution in [0.25, 0.3) is 11.3 Å². The largest absolute Gasteiger partial charge is 0.478 e. The van der Waals surface area contributed by atoms with Gasteiger partial charge in [-0.1, -0.05) is 30.3 Å². The molecule has 1 heterocycles. The highest BCUT2D eigenvalue weighted by Crippen LogP contribution is 2.37. The van der Waals surface area contributed by atoms with Crippen molar-refractivity contribution in [2.24, 2.45) is 0 Å². The second kappa shape index (κ2) is 6.68. The molecular formula is C18H12F3NO2S. The summed E-state index contributed by atoms with van der Waals surface area (Å²) in [7, 11) is 0. The van der Waals surface area contributed by atoms with Crippen LogP contribution in [-0.2, 0) is 12.6 Å². The molecule has 0 spiro atoms. The Morgan fingerprint density at radius 2 is 1.76 bits per heavy atom. The van der Waals surface area contributed by atoms with Gasteiger partial charge in [0.05, 0.1) is 21.8 Å². The molecule has 1 aromatic heterocycles. The second-order valence-electron chi connectivity index (χ2n) is 5.35. The highest BCUT2D eigenvalue weighted by molar-refractivity contribution is 7.10. The number of carboxylic acid groups (broad SMARTS) is 1. The lowest BCUT2D eigenvalue weighted by atomic mass is 10.0. The van der Waals surface area contributed by atoms with Crippen LogP contribution < -0.4 is 0 Å². The van der Waals surface area contributed by atoms with Gasteiger partial charge in [0.15, 0.2) is 0 Å². The van der Waals surface area contributed by atoms with Gasteiger partial charge in [0.25, 0.3) is 0 Å². The van der Waals surface area contributed by atoms with E-state index >= 15 is 0 Å². The third-order valence-corrected chi connectivity index (χ3v) is 4.47. The van der Waals surface area contributed by atoms with Gasteiger partial charge in [-0.05, 0) is 23.8 Å². The van der Waals surface area contributed by atoms with E-state index in [1.165, 1.54) is 35.6 Å². The van der Waals surface area contributed by atoms with Crippen molar-refractivity contribution >= 4 is 17.3 Å². The Bertz CT molecular complexity index is 901. The van der Waals surface area contributed by atoms with Crippen LogP contribution in [0, 0.1) is 0 Å². The van der Waals surface area contributed by atoms with Crippen molar-refractivity contribution in [3.05, 3.63) is 75.6 Å². The minimum atomic E-state index is -4.44. The minimum Gasteiger partial charge on any atom is -0.478 e. The van der Waals surface area contributed by atoms with E-state index in [9.17, 15) is 18.0 Å². The van der Waals surface area contributed by atoms with Gasteiger partial charge in [0, 0.05) is 17.4 Å². The number of thiazole rings is 1. The maximum Gasteiger partial charge on any atom is 0.417 e. The summed E-state index contributed by atoms with van der Waals surface area (Å²) in [6.07, 6.45) is -4.01. The molecule has 0 saturated heterocycles. The van der Waals surface area contributed by atoms with Gasteiger partial charge < -0.3 is 5.11 Å². The molecule has 7 heteroatoms. The molecule has 0 saturated carbocycles. The topological polar surface area (TPSA) is 50.2 Å². The maximum atomic E-state index is 13.1. The Morgan fingerprint density at radius 3 is 2.40 bits per heavy atom. The molecule has 3 rings (SSSR count). The molecule has 0 aliphatic rings. The summed E-state index contributed by atoms with van der Waals surface area (Å²) in [6, 6.07) is 11.7. The number of aromatic carboxylic acids is 1. The van der Waals surface area contributed by atoms with Crippen LogP contribution in [0.3, 0.4) is 0 Å². The number of hydrogen-bond donors (Lipinski definition) is 1. The van der Waals surface area contributed by atoms with Crippen molar-refractivity contribution < 1.29 is 23.1 Å². The van der Waals surface area contributed by atoms with E-state index in [1.54, 1.807) is 23.6 Å². The summed E-state index contributed by atoms with van der Waals surface area (Å²) < 4.78 is 39.4. The maximum absolute atomic E-state index is 13.1. The van der Waals surface area contributed by atoms with Gasteiger partial charge in [0.2, 0.25) is 0 Å². The van der Waals surface area contributed by atoms with Crippen molar-refractivity contribution in [3.8, 4) is 11.3 Å². The fraction of sp³-hybridized carbons (Fsp3) is 0.111. The predicted molar refractivity (Wildman–Crippen MR) is 88.8 cm³/mol. The lowest BCUT2D eigenvalue weighted by Gasteiger charge is -2.10. The molecule has 0 fully saturated rings. The standard InChI is InChI=1S/C18H12F3NO2S/c19-18(20,21)14-4-2-1-3-13(14)15-10-25-16(22-15)9-11-5-7-12(8-6-11)17(23)24/h1-8,10H,9H2,(H,23,24). The van der Waals surface area contributed by atoms with E-state index in [2.05, 4.69) is 4.98 Å². The molecule has 0 atom stereocenters. The van der Waals surface area contributed by atoms with Crippen LogP contribution in [0.2, 0.25) is 0 Å². The molecule has 1 N–H and O–H groups in total. The van der Waals surface area contributed by atoms with Crippen molar-refractivity contribution in [1.29, 1.82) is 0 Å². The zero-order valence-electron chi connectivity index (χ0n) is 12.7. The smallest absolute Gasteiger partial charge is 0.417 e. The molecule has 3 aromatic rings. The second-order valence-corrected chi connectivity index (χ2v) is 6.29. The van der Waals surface area contributed by atoms with Gasteiger partial charge in [-0.3, -0.25) is 0 Å². The predicted octanol–water partition coefficient (Wildman–Crippen LogP) is 5.12. The molecular weight excluding hydrogens is 351 g/mol. The first kappa shape index (κ1) is 17.2. The first-order chi connectivity index (χ1) is 11.8. The van der Waals surface area contributed by atoms with Crippen LogP contribution in [0.5, 0.6) is 0 Å². The van der Waals surface area contributed by atoms with Gasteiger partial charge in [-0.15, -0.1) is 11.3 Å². The zero-order chi connectivity index (χ0) is 18.0. The summed E-state index contributed by atoms with van der Waals surface area (Å²) >= 11 is 1.27. The molecule has 128 valence electrons. The minimum absolute atomic E-state index is 0.0544. The highest BCUT2D eigenvalue weighted by Gasteiger charge is 2.33. The third kappa shape index (κ3) is 3.88. The van der Waals surface area contributed by atoms with E-state index in [-0.39, 0.29) is 16.8 Å². The number of rotatable bonds is 4. The quantitative estimate of drug-likeness (QED) is 0.700. The van der Waals surface area contributed by atoms with Crippen molar-refractivity contribution in [1.82, 2.24) is 4.98 Å². The fourth-order valence-electron chi connectivity index (χ4n) is 2.41. The number of carboxylic acids is 1. The van der Waals surface area contributed by atoms with Gasteiger partial charge in [0.1, 0.15) is 0 Å². The molecule has 25 heavy (non-hydrogen) atoms.